The van der Waals surface area contributed by atoms with Gasteiger partial charge in [-0.1, -0.05) is 6.92 Å². The van der Waals surface area contributed by atoms with Crippen LogP contribution in [-0.2, 0) is 4.74 Å². The summed E-state index contributed by atoms with van der Waals surface area (Å²) in [6, 6.07) is 3.05. The lowest BCUT2D eigenvalue weighted by atomic mass is 10.2. The van der Waals surface area contributed by atoms with E-state index < -0.39 is 0 Å². The third kappa shape index (κ3) is 2.96. The highest BCUT2D eigenvalue weighted by Crippen LogP contribution is 2.11. The Morgan fingerprint density at radius 2 is 2.43 bits per heavy atom. The van der Waals surface area contributed by atoms with Gasteiger partial charge in [0.15, 0.2) is 11.6 Å². The zero-order valence-corrected chi connectivity index (χ0v) is 8.46. The third-order valence-electron chi connectivity index (χ3n) is 1.96. The maximum Gasteiger partial charge on any atom is 0.165 e. The molecule has 1 N–H and O–H groups in total. The van der Waals surface area contributed by atoms with Crippen LogP contribution in [0.15, 0.2) is 18.3 Å². The molecule has 0 bridgehead atoms. The molecule has 0 fully saturated rings. The summed E-state index contributed by atoms with van der Waals surface area (Å²) in [5.41, 5.74) is 0. The summed E-state index contributed by atoms with van der Waals surface area (Å²) in [5, 5.41) is 2.99. The zero-order valence-electron chi connectivity index (χ0n) is 8.46. The van der Waals surface area contributed by atoms with Gasteiger partial charge in [0.25, 0.3) is 0 Å². The maximum absolute atomic E-state index is 13.2. The summed E-state index contributed by atoms with van der Waals surface area (Å²) in [4.78, 5) is 3.91. The minimum atomic E-state index is -0.331. The first-order valence-corrected chi connectivity index (χ1v) is 4.64. The highest BCUT2D eigenvalue weighted by atomic mass is 19.1. The molecule has 0 radical (unpaired) electrons. The van der Waals surface area contributed by atoms with Crippen molar-refractivity contribution in [2.45, 2.75) is 19.4 Å². The fraction of sp³-hybridized carbons (Fsp3) is 0.500. The average Bonchev–Trinajstić information content (AvgIpc) is 2.20. The van der Waals surface area contributed by atoms with Gasteiger partial charge in [0.1, 0.15) is 0 Å². The van der Waals surface area contributed by atoms with Crippen LogP contribution in [0.5, 0.6) is 0 Å². The molecule has 1 unspecified atom stereocenters. The number of halogens is 1. The molecule has 14 heavy (non-hydrogen) atoms. The van der Waals surface area contributed by atoms with Gasteiger partial charge in [-0.2, -0.15) is 0 Å². The first-order valence-electron chi connectivity index (χ1n) is 4.64. The van der Waals surface area contributed by atoms with Gasteiger partial charge in [-0.05, 0) is 18.6 Å². The molecule has 1 aromatic heterocycles. The Kier molecular flexibility index (Phi) is 4.32. The van der Waals surface area contributed by atoms with Crippen molar-refractivity contribution in [3.05, 3.63) is 24.1 Å². The van der Waals surface area contributed by atoms with Gasteiger partial charge in [-0.25, -0.2) is 9.37 Å². The van der Waals surface area contributed by atoms with Crippen molar-refractivity contribution in [1.29, 1.82) is 0 Å². The molecule has 0 aliphatic heterocycles. The molecule has 1 atom stereocenters. The van der Waals surface area contributed by atoms with Crippen LogP contribution in [0.4, 0.5) is 10.2 Å². The van der Waals surface area contributed by atoms with Gasteiger partial charge in [-0.3, -0.25) is 0 Å². The van der Waals surface area contributed by atoms with E-state index in [4.69, 9.17) is 4.74 Å². The second kappa shape index (κ2) is 5.54. The smallest absolute Gasteiger partial charge is 0.165 e. The summed E-state index contributed by atoms with van der Waals surface area (Å²) >= 11 is 0. The Hall–Kier alpha value is -1.16. The Balaban J connectivity index is 2.62. The van der Waals surface area contributed by atoms with Crippen molar-refractivity contribution in [3.63, 3.8) is 0 Å². The van der Waals surface area contributed by atoms with Crippen molar-refractivity contribution in [3.8, 4) is 0 Å². The predicted molar refractivity (Wildman–Crippen MR) is 53.8 cm³/mol. The van der Waals surface area contributed by atoms with E-state index >= 15 is 0 Å². The fourth-order valence-electron chi connectivity index (χ4n) is 1.15. The Bertz CT molecular complexity index is 281. The number of nitrogens with one attached hydrogen (secondary N) is 1. The van der Waals surface area contributed by atoms with Crippen LogP contribution >= 0.6 is 0 Å². The molecule has 0 saturated heterocycles. The molecule has 1 rings (SSSR count). The lowest BCUT2D eigenvalue weighted by Crippen LogP contribution is -2.25. The summed E-state index contributed by atoms with van der Waals surface area (Å²) in [6.07, 6.45) is 2.43. The second-order valence-electron chi connectivity index (χ2n) is 3.04. The Morgan fingerprint density at radius 1 is 1.64 bits per heavy atom. The predicted octanol–water partition coefficient (Wildman–Crippen LogP) is 2.06. The van der Waals surface area contributed by atoms with Gasteiger partial charge < -0.3 is 10.1 Å². The number of rotatable bonds is 5. The van der Waals surface area contributed by atoms with Gasteiger partial charge in [0.05, 0.1) is 12.6 Å². The van der Waals surface area contributed by atoms with Crippen LogP contribution in [0.3, 0.4) is 0 Å². The molecule has 1 aromatic rings. The van der Waals surface area contributed by atoms with Gasteiger partial charge in [-0.15, -0.1) is 0 Å². The van der Waals surface area contributed by atoms with E-state index in [2.05, 4.69) is 10.3 Å². The van der Waals surface area contributed by atoms with E-state index in [-0.39, 0.29) is 17.7 Å². The second-order valence-corrected chi connectivity index (χ2v) is 3.04. The van der Waals surface area contributed by atoms with Gasteiger partial charge >= 0.3 is 0 Å². The van der Waals surface area contributed by atoms with E-state index in [1.807, 2.05) is 6.92 Å². The number of aromatic nitrogens is 1. The Labute approximate surface area is 83.3 Å². The van der Waals surface area contributed by atoms with Crippen molar-refractivity contribution in [2.75, 3.05) is 19.0 Å². The van der Waals surface area contributed by atoms with Crippen LogP contribution in [0, 0.1) is 5.82 Å². The molecule has 3 nitrogen and oxygen atoms in total. The monoisotopic (exact) mass is 198 g/mol. The number of anilines is 1. The largest absolute Gasteiger partial charge is 0.383 e. The molecule has 0 saturated carbocycles. The molecular weight excluding hydrogens is 183 g/mol. The molecule has 4 heteroatoms. The molecule has 78 valence electrons. The van der Waals surface area contributed by atoms with E-state index in [0.29, 0.717) is 6.61 Å². The highest BCUT2D eigenvalue weighted by molar-refractivity contribution is 5.36. The summed E-state index contributed by atoms with van der Waals surface area (Å²) < 4.78 is 18.2. The van der Waals surface area contributed by atoms with Gasteiger partial charge in [0.2, 0.25) is 0 Å². The standard InChI is InChI=1S/C10H15FN2O/c1-3-8(7-14-2)13-10-9(11)5-4-6-12-10/h4-6,8H,3,7H2,1-2H3,(H,12,13). The minimum Gasteiger partial charge on any atom is -0.383 e. The zero-order chi connectivity index (χ0) is 10.4. The number of nitrogens with zero attached hydrogens (tertiary/aromatic N) is 1. The number of methoxy groups -OCH3 is 1. The highest BCUT2D eigenvalue weighted by Gasteiger charge is 2.08. The fourth-order valence-corrected chi connectivity index (χ4v) is 1.15. The molecule has 1 heterocycles. The van der Waals surface area contributed by atoms with Crippen molar-refractivity contribution in [1.82, 2.24) is 4.98 Å². The molecule has 0 aliphatic carbocycles. The van der Waals surface area contributed by atoms with Crippen molar-refractivity contribution < 1.29 is 9.13 Å². The number of hydrogen-bond acceptors (Lipinski definition) is 3. The van der Waals surface area contributed by atoms with Crippen molar-refractivity contribution >= 4 is 5.82 Å². The molecular formula is C10H15FN2O. The van der Waals surface area contributed by atoms with E-state index in [9.17, 15) is 4.39 Å². The first kappa shape index (κ1) is 10.9. The maximum atomic E-state index is 13.2. The summed E-state index contributed by atoms with van der Waals surface area (Å²) in [6.45, 7) is 2.56. The topological polar surface area (TPSA) is 34.1 Å². The normalized spacial score (nSPS) is 12.5. The van der Waals surface area contributed by atoms with E-state index in [1.54, 1.807) is 19.4 Å². The SMILES string of the molecule is CCC(COC)Nc1ncccc1F. The molecule has 0 spiro atoms. The van der Waals surface area contributed by atoms with Gasteiger partial charge in [0, 0.05) is 13.3 Å². The van der Waals surface area contributed by atoms with E-state index in [0.717, 1.165) is 6.42 Å². The minimum absolute atomic E-state index is 0.101. The Morgan fingerprint density at radius 3 is 3.00 bits per heavy atom. The number of pyridine rings is 1. The number of ether oxygens (including phenoxy) is 1. The van der Waals surface area contributed by atoms with Crippen molar-refractivity contribution in [2.24, 2.45) is 0 Å². The molecule has 0 amide bonds. The number of hydrogen-bond donors (Lipinski definition) is 1. The van der Waals surface area contributed by atoms with Crippen LogP contribution in [-0.4, -0.2) is 24.7 Å². The van der Waals surface area contributed by atoms with Crippen LogP contribution in [0.25, 0.3) is 0 Å². The van der Waals surface area contributed by atoms with Crippen LogP contribution < -0.4 is 5.32 Å². The van der Waals surface area contributed by atoms with Crippen LogP contribution in [0.2, 0.25) is 0 Å². The average molecular weight is 198 g/mol. The summed E-state index contributed by atoms with van der Waals surface area (Å²) in [5.74, 6) is -0.0431. The molecule has 0 aromatic carbocycles. The lowest BCUT2D eigenvalue weighted by Gasteiger charge is -2.16. The van der Waals surface area contributed by atoms with Crippen LogP contribution in [0.1, 0.15) is 13.3 Å². The molecule has 0 aliphatic rings. The quantitative estimate of drug-likeness (QED) is 0.786. The van der Waals surface area contributed by atoms with E-state index in [1.165, 1.54) is 6.07 Å². The lowest BCUT2D eigenvalue weighted by molar-refractivity contribution is 0.184. The third-order valence-corrected chi connectivity index (χ3v) is 1.96. The first-order chi connectivity index (χ1) is 6.77. The summed E-state index contributed by atoms with van der Waals surface area (Å²) in [7, 11) is 1.62.